The summed E-state index contributed by atoms with van der Waals surface area (Å²) in [4.78, 5) is 46.0. The Balaban J connectivity index is 2.01. The number of carbonyl (C=O) groups is 1. The van der Waals surface area contributed by atoms with Gasteiger partial charge >= 0.3 is 5.69 Å². The molecule has 2 aromatic heterocycles. The Bertz CT molecular complexity index is 1180. The number of thiazole rings is 1. The summed E-state index contributed by atoms with van der Waals surface area (Å²) in [5.74, 6) is -0.465. The van der Waals surface area contributed by atoms with Crippen LogP contribution in [0.5, 0.6) is 0 Å². The van der Waals surface area contributed by atoms with Crippen LogP contribution in [0.25, 0.3) is 10.6 Å². The van der Waals surface area contributed by atoms with Gasteiger partial charge in [0.25, 0.3) is 11.5 Å². The van der Waals surface area contributed by atoms with Crippen molar-refractivity contribution in [2.24, 2.45) is 0 Å². The van der Waals surface area contributed by atoms with Crippen molar-refractivity contribution in [1.29, 1.82) is 0 Å². The predicted molar refractivity (Wildman–Crippen MR) is 122 cm³/mol. The molecule has 2 heterocycles. The molecule has 10 heteroatoms. The molecule has 1 aromatic carbocycles. The zero-order valence-corrected chi connectivity index (χ0v) is 18.5. The fourth-order valence-electron chi connectivity index (χ4n) is 3.18. The van der Waals surface area contributed by atoms with Gasteiger partial charge in [0.2, 0.25) is 0 Å². The average Bonchev–Trinajstić information content (AvgIpc) is 3.19. The number of aryl methyl sites for hydroxylation is 1. The first-order chi connectivity index (χ1) is 14.9. The fraction of sp³-hybridized carbons (Fsp3) is 0.333. The summed E-state index contributed by atoms with van der Waals surface area (Å²) in [6.07, 6.45) is 0.638. The van der Waals surface area contributed by atoms with Crippen LogP contribution in [-0.4, -0.2) is 40.7 Å². The zero-order chi connectivity index (χ0) is 22.5. The molecule has 1 amide bonds. The number of nitrogens with zero attached hydrogens (tertiary/aromatic N) is 3. The maximum absolute atomic E-state index is 13.3. The molecule has 0 radical (unpaired) electrons. The second-order valence-electron chi connectivity index (χ2n) is 6.97. The van der Waals surface area contributed by atoms with Crippen LogP contribution >= 0.6 is 11.3 Å². The quantitative estimate of drug-likeness (QED) is 0.550. The van der Waals surface area contributed by atoms with Crippen molar-refractivity contribution in [3.8, 4) is 10.6 Å². The molecule has 31 heavy (non-hydrogen) atoms. The Morgan fingerprint density at radius 2 is 2.00 bits per heavy atom. The van der Waals surface area contributed by atoms with Crippen molar-refractivity contribution >= 4 is 28.7 Å². The number of anilines is 2. The number of nitrogen functional groups attached to an aromatic ring is 1. The summed E-state index contributed by atoms with van der Waals surface area (Å²) in [5, 5.41) is 2.82. The van der Waals surface area contributed by atoms with E-state index in [9.17, 15) is 14.4 Å². The van der Waals surface area contributed by atoms with Crippen molar-refractivity contribution in [1.82, 2.24) is 14.5 Å². The van der Waals surface area contributed by atoms with E-state index in [0.29, 0.717) is 18.5 Å². The first-order valence-corrected chi connectivity index (χ1v) is 10.7. The second kappa shape index (κ2) is 9.71. The number of hydrogen-bond acceptors (Lipinski definition) is 7. The molecule has 3 rings (SSSR count). The molecule has 3 aromatic rings. The lowest BCUT2D eigenvalue weighted by atomic mass is 10.1. The van der Waals surface area contributed by atoms with E-state index in [1.54, 1.807) is 12.1 Å². The number of benzene rings is 1. The van der Waals surface area contributed by atoms with Gasteiger partial charge in [-0.25, -0.2) is 9.78 Å². The molecule has 0 aliphatic heterocycles. The van der Waals surface area contributed by atoms with E-state index < -0.39 is 17.2 Å². The number of ether oxygens (including phenoxy) is 1. The highest BCUT2D eigenvalue weighted by atomic mass is 32.1. The van der Waals surface area contributed by atoms with E-state index in [-0.39, 0.29) is 24.7 Å². The van der Waals surface area contributed by atoms with Crippen LogP contribution in [0, 0.1) is 6.92 Å². The number of nitrogens with one attached hydrogen (secondary N) is 1. The molecule has 0 aliphatic carbocycles. The predicted octanol–water partition coefficient (Wildman–Crippen LogP) is 2.25. The van der Waals surface area contributed by atoms with E-state index in [0.717, 1.165) is 16.3 Å². The van der Waals surface area contributed by atoms with Crippen molar-refractivity contribution in [2.45, 2.75) is 26.8 Å². The van der Waals surface area contributed by atoms with Crippen LogP contribution in [0.15, 0.2) is 39.2 Å². The van der Waals surface area contributed by atoms with E-state index >= 15 is 0 Å². The SMILES string of the molecule is CCCn1c(N)c(N(CCOC)C(=O)c2ccc(-c3nc(C)cs3)cc2)c(=O)[nH]c1=O. The summed E-state index contributed by atoms with van der Waals surface area (Å²) < 4.78 is 6.38. The molecule has 0 spiro atoms. The Kier molecular flexibility index (Phi) is 7.03. The number of carbonyl (C=O) groups excluding carboxylic acids is 1. The Hall–Kier alpha value is -3.24. The largest absolute Gasteiger partial charge is 0.383 e. The molecule has 0 atom stereocenters. The van der Waals surface area contributed by atoms with Crippen LogP contribution < -0.4 is 21.9 Å². The van der Waals surface area contributed by atoms with E-state index in [2.05, 4.69) is 9.97 Å². The molecule has 0 unspecified atom stereocenters. The first kappa shape index (κ1) is 22.4. The minimum Gasteiger partial charge on any atom is -0.383 e. The smallest absolute Gasteiger partial charge is 0.330 e. The van der Waals surface area contributed by atoms with Gasteiger partial charge in [0.15, 0.2) is 5.69 Å². The number of methoxy groups -OCH3 is 1. The van der Waals surface area contributed by atoms with Crippen LogP contribution in [0.2, 0.25) is 0 Å². The number of nitrogens with two attached hydrogens (primary N) is 1. The first-order valence-electron chi connectivity index (χ1n) is 9.83. The highest BCUT2D eigenvalue weighted by Gasteiger charge is 2.25. The number of hydrogen-bond donors (Lipinski definition) is 2. The lowest BCUT2D eigenvalue weighted by molar-refractivity contribution is 0.0975. The molecule has 0 aliphatic rings. The van der Waals surface area contributed by atoms with Gasteiger partial charge in [-0.3, -0.25) is 24.0 Å². The number of rotatable bonds is 8. The van der Waals surface area contributed by atoms with Gasteiger partial charge in [-0.15, -0.1) is 11.3 Å². The highest BCUT2D eigenvalue weighted by molar-refractivity contribution is 7.13. The maximum atomic E-state index is 13.3. The molecule has 0 fully saturated rings. The van der Waals surface area contributed by atoms with Gasteiger partial charge in [0.05, 0.1) is 6.61 Å². The highest BCUT2D eigenvalue weighted by Crippen LogP contribution is 2.25. The topological polar surface area (TPSA) is 123 Å². The third-order valence-electron chi connectivity index (χ3n) is 4.69. The van der Waals surface area contributed by atoms with Gasteiger partial charge in [-0.1, -0.05) is 19.1 Å². The summed E-state index contributed by atoms with van der Waals surface area (Å²) in [6, 6.07) is 6.98. The zero-order valence-electron chi connectivity index (χ0n) is 17.7. The molecule has 0 bridgehead atoms. The molecule has 3 N–H and O–H groups in total. The Labute approximate surface area is 183 Å². The molecule has 9 nitrogen and oxygen atoms in total. The standard InChI is InChI=1S/C21H25N5O4S/c1-4-9-26-17(22)16(18(27)24-21(26)29)25(10-11-30-3)20(28)15-7-5-14(6-8-15)19-23-13(2)12-31-19/h5-8,12H,4,9-11,22H2,1-3H3,(H,24,27,29). The van der Waals surface area contributed by atoms with Crippen molar-refractivity contribution in [2.75, 3.05) is 30.9 Å². The van der Waals surface area contributed by atoms with Crippen LogP contribution in [0.4, 0.5) is 11.5 Å². The normalized spacial score (nSPS) is 10.9. The van der Waals surface area contributed by atoms with Crippen molar-refractivity contribution in [3.63, 3.8) is 0 Å². The van der Waals surface area contributed by atoms with Crippen LogP contribution in [0.3, 0.4) is 0 Å². The fourth-order valence-corrected chi connectivity index (χ4v) is 3.98. The van der Waals surface area contributed by atoms with Gasteiger partial charge in [-0.05, 0) is 25.5 Å². The van der Waals surface area contributed by atoms with E-state index in [4.69, 9.17) is 10.5 Å². The summed E-state index contributed by atoms with van der Waals surface area (Å²) >= 11 is 1.53. The van der Waals surface area contributed by atoms with E-state index in [1.807, 2.05) is 31.4 Å². The van der Waals surface area contributed by atoms with Gasteiger partial charge < -0.3 is 10.5 Å². The lowest BCUT2D eigenvalue weighted by Gasteiger charge is -2.24. The third-order valence-corrected chi connectivity index (χ3v) is 5.70. The summed E-state index contributed by atoms with van der Waals surface area (Å²) in [6.45, 7) is 4.42. The molecule has 0 saturated carbocycles. The van der Waals surface area contributed by atoms with Crippen molar-refractivity contribution < 1.29 is 9.53 Å². The lowest BCUT2D eigenvalue weighted by Crippen LogP contribution is -2.42. The van der Waals surface area contributed by atoms with E-state index in [1.165, 1.54) is 27.9 Å². The molecular formula is C21H25N5O4S. The van der Waals surface area contributed by atoms with Crippen LogP contribution in [0.1, 0.15) is 29.4 Å². The number of H-pyrrole nitrogens is 1. The number of amides is 1. The van der Waals surface area contributed by atoms with Crippen LogP contribution in [-0.2, 0) is 11.3 Å². The summed E-state index contributed by atoms with van der Waals surface area (Å²) in [7, 11) is 1.50. The molecular weight excluding hydrogens is 418 g/mol. The minimum absolute atomic E-state index is 0.0464. The Morgan fingerprint density at radius 1 is 1.29 bits per heavy atom. The second-order valence-corrected chi connectivity index (χ2v) is 7.82. The Morgan fingerprint density at radius 3 is 2.58 bits per heavy atom. The average molecular weight is 444 g/mol. The van der Waals surface area contributed by atoms with Gasteiger partial charge in [0.1, 0.15) is 10.8 Å². The third kappa shape index (κ3) is 4.75. The van der Waals surface area contributed by atoms with Crippen molar-refractivity contribution in [3.05, 3.63) is 61.7 Å². The van der Waals surface area contributed by atoms with Gasteiger partial charge in [-0.2, -0.15) is 0 Å². The summed E-state index contributed by atoms with van der Waals surface area (Å²) in [5.41, 5.74) is 6.99. The number of aromatic amines is 1. The van der Waals surface area contributed by atoms with Gasteiger partial charge in [0, 0.05) is 42.4 Å². The maximum Gasteiger partial charge on any atom is 0.330 e. The molecule has 0 saturated heterocycles. The molecule has 164 valence electrons. The number of aromatic nitrogens is 3. The monoisotopic (exact) mass is 443 g/mol. The minimum atomic E-state index is -0.714.